The molecule has 0 atom stereocenters. The van der Waals surface area contributed by atoms with Crippen molar-refractivity contribution in [2.24, 2.45) is 0 Å². The predicted octanol–water partition coefficient (Wildman–Crippen LogP) is 1.86. The number of ether oxygens (including phenoxy) is 1. The highest BCUT2D eigenvalue weighted by Crippen LogP contribution is 2.19. The average molecular weight is 293 g/mol. The van der Waals surface area contributed by atoms with Gasteiger partial charge in [-0.2, -0.15) is 0 Å². The molecule has 2 rings (SSSR count). The Bertz CT molecular complexity index is 667. The molecule has 6 nitrogen and oxygen atoms in total. The third-order valence-corrected chi connectivity index (χ3v) is 3.85. The lowest BCUT2D eigenvalue weighted by atomic mass is 10.3. The summed E-state index contributed by atoms with van der Waals surface area (Å²) in [6.45, 7) is 2.44. The molecule has 1 aromatic heterocycles. The van der Waals surface area contributed by atoms with E-state index in [0.29, 0.717) is 18.0 Å². The van der Waals surface area contributed by atoms with Crippen LogP contribution in [0.2, 0.25) is 0 Å². The summed E-state index contributed by atoms with van der Waals surface area (Å²) >= 11 is 0. The first-order chi connectivity index (χ1) is 9.51. The third-order valence-electron chi connectivity index (χ3n) is 2.49. The number of nitrogen functional groups attached to an aromatic ring is 1. The van der Waals surface area contributed by atoms with Crippen molar-refractivity contribution in [1.29, 1.82) is 0 Å². The number of sulfonamides is 1. The van der Waals surface area contributed by atoms with E-state index < -0.39 is 10.0 Å². The van der Waals surface area contributed by atoms with Crippen molar-refractivity contribution in [3.8, 4) is 5.75 Å². The largest absolute Gasteiger partial charge is 0.494 e. The minimum absolute atomic E-state index is 0.0561. The summed E-state index contributed by atoms with van der Waals surface area (Å²) in [5, 5.41) is 0. The maximum atomic E-state index is 12.1. The predicted molar refractivity (Wildman–Crippen MR) is 77.1 cm³/mol. The molecule has 20 heavy (non-hydrogen) atoms. The highest BCUT2D eigenvalue weighted by molar-refractivity contribution is 7.92. The summed E-state index contributed by atoms with van der Waals surface area (Å²) in [6, 6.07) is 9.50. The normalized spacial score (nSPS) is 11.1. The molecule has 3 N–H and O–H groups in total. The molecule has 2 aromatic rings. The fourth-order valence-electron chi connectivity index (χ4n) is 1.55. The molecule has 0 fully saturated rings. The average Bonchev–Trinajstić information content (AvgIpc) is 2.41. The molecule has 0 aliphatic heterocycles. The summed E-state index contributed by atoms with van der Waals surface area (Å²) in [5.41, 5.74) is 5.88. The Kier molecular flexibility index (Phi) is 4.09. The molecule has 0 spiro atoms. The highest BCUT2D eigenvalue weighted by atomic mass is 32.2. The van der Waals surface area contributed by atoms with Gasteiger partial charge in [0.1, 0.15) is 16.5 Å². The molecule has 106 valence electrons. The van der Waals surface area contributed by atoms with Gasteiger partial charge in [-0.05, 0) is 43.3 Å². The summed E-state index contributed by atoms with van der Waals surface area (Å²) in [4.78, 5) is 3.82. The number of aromatic nitrogens is 1. The molecule has 0 unspecified atom stereocenters. The summed E-state index contributed by atoms with van der Waals surface area (Å²) < 4.78 is 31.9. The molecule has 0 bridgehead atoms. The second-order valence-electron chi connectivity index (χ2n) is 3.98. The van der Waals surface area contributed by atoms with Crippen molar-refractivity contribution < 1.29 is 13.2 Å². The Morgan fingerprint density at radius 2 is 1.90 bits per heavy atom. The van der Waals surface area contributed by atoms with Crippen LogP contribution in [0.5, 0.6) is 5.75 Å². The number of nitrogens with zero attached hydrogens (tertiary/aromatic N) is 1. The smallest absolute Gasteiger partial charge is 0.263 e. The lowest BCUT2D eigenvalue weighted by Crippen LogP contribution is -2.13. The summed E-state index contributed by atoms with van der Waals surface area (Å²) in [7, 11) is -3.66. The Hall–Kier alpha value is -2.28. The first-order valence-electron chi connectivity index (χ1n) is 5.98. The number of hydrogen-bond acceptors (Lipinski definition) is 5. The van der Waals surface area contributed by atoms with Gasteiger partial charge in [-0.3, -0.25) is 4.72 Å². The maximum Gasteiger partial charge on any atom is 0.263 e. The van der Waals surface area contributed by atoms with Crippen LogP contribution in [-0.2, 0) is 10.0 Å². The van der Waals surface area contributed by atoms with E-state index in [-0.39, 0.29) is 10.7 Å². The summed E-state index contributed by atoms with van der Waals surface area (Å²) in [6.07, 6.45) is 1.21. The van der Waals surface area contributed by atoms with Crippen molar-refractivity contribution in [3.05, 3.63) is 42.6 Å². The van der Waals surface area contributed by atoms with Gasteiger partial charge in [-0.25, -0.2) is 13.4 Å². The van der Waals surface area contributed by atoms with Gasteiger partial charge in [0, 0.05) is 11.9 Å². The number of hydrogen-bond donors (Lipinski definition) is 2. The monoisotopic (exact) mass is 293 g/mol. The van der Waals surface area contributed by atoms with Gasteiger partial charge < -0.3 is 10.5 Å². The van der Waals surface area contributed by atoms with Crippen LogP contribution < -0.4 is 15.2 Å². The van der Waals surface area contributed by atoms with Crippen LogP contribution in [0.4, 0.5) is 11.5 Å². The maximum absolute atomic E-state index is 12.1. The minimum Gasteiger partial charge on any atom is -0.494 e. The van der Waals surface area contributed by atoms with Gasteiger partial charge >= 0.3 is 0 Å². The SMILES string of the molecule is CCOc1ccc(NS(=O)(=O)c2ccc(N)nc2)cc1. The highest BCUT2D eigenvalue weighted by Gasteiger charge is 2.14. The van der Waals surface area contributed by atoms with Crippen molar-refractivity contribution in [2.45, 2.75) is 11.8 Å². The van der Waals surface area contributed by atoms with E-state index in [0.717, 1.165) is 0 Å². The number of rotatable bonds is 5. The van der Waals surface area contributed by atoms with E-state index in [4.69, 9.17) is 10.5 Å². The van der Waals surface area contributed by atoms with Gasteiger partial charge in [0.2, 0.25) is 0 Å². The van der Waals surface area contributed by atoms with Crippen LogP contribution in [0, 0.1) is 0 Å². The number of nitrogens with one attached hydrogen (secondary N) is 1. The molecular weight excluding hydrogens is 278 g/mol. The number of nitrogens with two attached hydrogens (primary N) is 1. The molecule has 0 amide bonds. The van der Waals surface area contributed by atoms with Crippen molar-refractivity contribution in [3.63, 3.8) is 0 Å². The standard InChI is InChI=1S/C13H15N3O3S/c1-2-19-11-5-3-10(4-6-11)16-20(17,18)12-7-8-13(14)15-9-12/h3-9,16H,2H2,1H3,(H2,14,15). The third kappa shape index (κ3) is 3.39. The number of pyridine rings is 1. The Labute approximate surface area is 117 Å². The second kappa shape index (κ2) is 5.79. The molecule has 1 heterocycles. The molecule has 0 saturated heterocycles. The van der Waals surface area contributed by atoms with Gasteiger partial charge in [-0.1, -0.05) is 0 Å². The zero-order chi connectivity index (χ0) is 14.6. The first kappa shape index (κ1) is 14.1. The van der Waals surface area contributed by atoms with Crippen molar-refractivity contribution >= 4 is 21.5 Å². The Balaban J connectivity index is 2.17. The zero-order valence-corrected chi connectivity index (χ0v) is 11.7. The van der Waals surface area contributed by atoms with E-state index in [9.17, 15) is 8.42 Å². The molecule has 0 aliphatic rings. The minimum atomic E-state index is -3.66. The van der Waals surface area contributed by atoms with Crippen LogP contribution in [0.25, 0.3) is 0 Å². The number of benzene rings is 1. The van der Waals surface area contributed by atoms with E-state index >= 15 is 0 Å². The molecule has 0 saturated carbocycles. The van der Waals surface area contributed by atoms with Crippen LogP contribution in [0.3, 0.4) is 0 Å². The second-order valence-corrected chi connectivity index (χ2v) is 5.66. The zero-order valence-electron chi connectivity index (χ0n) is 10.9. The fourth-order valence-corrected chi connectivity index (χ4v) is 2.55. The summed E-state index contributed by atoms with van der Waals surface area (Å²) in [5.74, 6) is 0.953. The quantitative estimate of drug-likeness (QED) is 0.877. The van der Waals surface area contributed by atoms with E-state index in [1.54, 1.807) is 24.3 Å². The van der Waals surface area contributed by atoms with E-state index in [1.807, 2.05) is 6.92 Å². The van der Waals surface area contributed by atoms with E-state index in [2.05, 4.69) is 9.71 Å². The van der Waals surface area contributed by atoms with Crippen LogP contribution in [0.15, 0.2) is 47.5 Å². The molecular formula is C13H15N3O3S. The van der Waals surface area contributed by atoms with Crippen molar-refractivity contribution in [2.75, 3.05) is 17.1 Å². The van der Waals surface area contributed by atoms with Gasteiger partial charge in [0.05, 0.1) is 6.61 Å². The molecule has 1 aromatic carbocycles. The molecule has 0 radical (unpaired) electrons. The first-order valence-corrected chi connectivity index (χ1v) is 7.47. The van der Waals surface area contributed by atoms with Crippen LogP contribution >= 0.6 is 0 Å². The van der Waals surface area contributed by atoms with Gasteiger partial charge in [-0.15, -0.1) is 0 Å². The number of anilines is 2. The van der Waals surface area contributed by atoms with E-state index in [1.165, 1.54) is 18.3 Å². The Morgan fingerprint density at radius 3 is 2.45 bits per heavy atom. The fraction of sp³-hybridized carbons (Fsp3) is 0.154. The van der Waals surface area contributed by atoms with Gasteiger partial charge in [0.15, 0.2) is 0 Å². The van der Waals surface area contributed by atoms with Crippen molar-refractivity contribution in [1.82, 2.24) is 4.98 Å². The molecule has 0 aliphatic carbocycles. The topological polar surface area (TPSA) is 94.3 Å². The lowest BCUT2D eigenvalue weighted by Gasteiger charge is -2.09. The van der Waals surface area contributed by atoms with Crippen LogP contribution in [0.1, 0.15) is 6.92 Å². The lowest BCUT2D eigenvalue weighted by molar-refractivity contribution is 0.340. The van der Waals surface area contributed by atoms with Crippen LogP contribution in [-0.4, -0.2) is 20.0 Å². The Morgan fingerprint density at radius 1 is 1.20 bits per heavy atom. The molecule has 7 heteroatoms. The van der Waals surface area contributed by atoms with Gasteiger partial charge in [0.25, 0.3) is 10.0 Å².